The van der Waals surface area contributed by atoms with Crippen molar-refractivity contribution < 1.29 is 33.3 Å². The molecule has 0 fully saturated rings. The van der Waals surface area contributed by atoms with Gasteiger partial charge >= 0.3 is 0 Å². The number of amides is 1. The first kappa shape index (κ1) is 26.0. The fourth-order valence-corrected chi connectivity index (χ4v) is 3.52. The summed E-state index contributed by atoms with van der Waals surface area (Å²) in [6.45, 7) is -0.113. The predicted molar refractivity (Wildman–Crippen MR) is 135 cm³/mol. The monoisotopic (exact) mass is 539 g/mol. The molecule has 0 bridgehead atoms. The van der Waals surface area contributed by atoms with E-state index < -0.39 is 15.8 Å². The van der Waals surface area contributed by atoms with Crippen molar-refractivity contribution >= 4 is 34.6 Å². The van der Waals surface area contributed by atoms with E-state index in [0.717, 1.165) is 6.07 Å². The van der Waals surface area contributed by atoms with Gasteiger partial charge in [0.15, 0.2) is 17.3 Å². The molecule has 0 radical (unpaired) electrons. The number of nitro benzene ring substituents is 2. The third-order valence-electron chi connectivity index (χ3n) is 5.04. The molecule has 0 spiro atoms. The highest BCUT2D eigenvalue weighted by molar-refractivity contribution is 6.32. The number of hydrogen-bond acceptors (Lipinski definition) is 9. The lowest BCUT2D eigenvalue weighted by atomic mass is 10.2. The van der Waals surface area contributed by atoms with Crippen molar-refractivity contribution in [2.45, 2.75) is 6.61 Å². The zero-order valence-electron chi connectivity index (χ0n) is 19.6. The van der Waals surface area contributed by atoms with Crippen LogP contribution in [0.15, 0.2) is 77.2 Å². The fraction of sp³-hybridized carbons (Fsp3) is 0.0800. The number of furan rings is 1. The minimum Gasteiger partial charge on any atom is -0.493 e. The molecule has 0 aliphatic rings. The van der Waals surface area contributed by atoms with Gasteiger partial charge in [0.05, 0.1) is 33.7 Å². The summed E-state index contributed by atoms with van der Waals surface area (Å²) in [6.07, 6.45) is 0. The first-order valence-electron chi connectivity index (χ1n) is 10.8. The minimum absolute atomic E-state index is 0.0422. The normalized spacial score (nSPS) is 10.5. The van der Waals surface area contributed by atoms with Crippen molar-refractivity contribution in [3.05, 3.63) is 110 Å². The lowest BCUT2D eigenvalue weighted by molar-refractivity contribution is -0.385. The van der Waals surface area contributed by atoms with Crippen molar-refractivity contribution in [1.82, 2.24) is 0 Å². The van der Waals surface area contributed by atoms with E-state index in [0.29, 0.717) is 11.5 Å². The quantitative estimate of drug-likeness (QED) is 0.178. The molecule has 4 aromatic rings. The first-order valence-corrected chi connectivity index (χ1v) is 11.2. The van der Waals surface area contributed by atoms with Crippen molar-refractivity contribution in [2.24, 2.45) is 0 Å². The molecule has 4 rings (SSSR count). The molecule has 1 heterocycles. The number of methoxy groups -OCH3 is 1. The van der Waals surface area contributed by atoms with Crippen LogP contribution >= 0.6 is 11.6 Å². The van der Waals surface area contributed by atoms with Gasteiger partial charge in [0.25, 0.3) is 17.3 Å². The van der Waals surface area contributed by atoms with E-state index in [2.05, 4.69) is 5.32 Å². The maximum Gasteiger partial charge on any atom is 0.291 e. The Morgan fingerprint density at radius 3 is 2.34 bits per heavy atom. The molecule has 0 aliphatic carbocycles. The number of halogens is 1. The van der Waals surface area contributed by atoms with E-state index in [9.17, 15) is 25.0 Å². The number of nitro groups is 2. The Morgan fingerprint density at radius 1 is 0.921 bits per heavy atom. The molecule has 0 saturated heterocycles. The highest BCUT2D eigenvalue weighted by Crippen LogP contribution is 2.35. The van der Waals surface area contributed by atoms with Gasteiger partial charge in [0.2, 0.25) is 0 Å². The molecule has 0 saturated carbocycles. The number of carbonyl (C=O) groups is 1. The Labute approximate surface area is 219 Å². The van der Waals surface area contributed by atoms with Crippen LogP contribution in [-0.2, 0) is 6.61 Å². The van der Waals surface area contributed by atoms with Gasteiger partial charge in [0.1, 0.15) is 23.9 Å². The number of hydrogen-bond donors (Lipinski definition) is 1. The van der Waals surface area contributed by atoms with Gasteiger partial charge in [0, 0.05) is 24.3 Å². The van der Waals surface area contributed by atoms with Gasteiger partial charge in [-0.1, -0.05) is 23.7 Å². The number of para-hydroxylation sites is 2. The number of ether oxygens (including phenoxy) is 3. The Hall–Kier alpha value is -5.10. The number of non-ortho nitro benzene ring substituents is 2. The summed E-state index contributed by atoms with van der Waals surface area (Å²) in [5.41, 5.74) is -0.390. The standard InChI is InChI=1S/C25H18ClN3O9/c1-35-22-4-2-3-5-23(22)38-19-11-15(10-17(12-19)29(33)34)27-25(30)24-9-7-18(37-24)14-36-21-8-6-16(28(31)32)13-20(21)26/h2-13H,14H2,1H3,(H,27,30). The van der Waals surface area contributed by atoms with Crippen LogP contribution in [0, 0.1) is 20.2 Å². The minimum atomic E-state index is -0.673. The molecule has 0 atom stereocenters. The van der Waals surface area contributed by atoms with Crippen LogP contribution in [-0.4, -0.2) is 22.9 Å². The van der Waals surface area contributed by atoms with E-state index in [-0.39, 0.29) is 51.7 Å². The number of rotatable bonds is 10. The maximum atomic E-state index is 12.7. The molecular weight excluding hydrogens is 522 g/mol. The van der Waals surface area contributed by atoms with Crippen LogP contribution in [0.3, 0.4) is 0 Å². The second kappa shape index (κ2) is 11.3. The summed E-state index contributed by atoms with van der Waals surface area (Å²) >= 11 is 6.01. The molecule has 38 heavy (non-hydrogen) atoms. The number of anilines is 1. The van der Waals surface area contributed by atoms with Gasteiger partial charge in [-0.25, -0.2) is 0 Å². The van der Waals surface area contributed by atoms with Gasteiger partial charge in [-0.3, -0.25) is 25.0 Å². The van der Waals surface area contributed by atoms with E-state index in [1.165, 1.54) is 49.6 Å². The highest BCUT2D eigenvalue weighted by atomic mass is 35.5. The van der Waals surface area contributed by atoms with Crippen LogP contribution in [0.25, 0.3) is 0 Å². The highest BCUT2D eigenvalue weighted by Gasteiger charge is 2.18. The Morgan fingerprint density at radius 2 is 1.66 bits per heavy atom. The summed E-state index contributed by atoms with van der Waals surface area (Å²) in [5.74, 6) is 0.558. The van der Waals surface area contributed by atoms with Crippen molar-refractivity contribution in [3.63, 3.8) is 0 Å². The molecule has 1 N–H and O–H groups in total. The summed E-state index contributed by atoms with van der Waals surface area (Å²) < 4.78 is 22.0. The van der Waals surface area contributed by atoms with E-state index in [1.807, 2.05) is 0 Å². The second-order valence-electron chi connectivity index (χ2n) is 7.61. The average molecular weight is 540 g/mol. The van der Waals surface area contributed by atoms with Gasteiger partial charge in [-0.05, 0) is 30.3 Å². The third-order valence-corrected chi connectivity index (χ3v) is 5.33. The zero-order valence-corrected chi connectivity index (χ0v) is 20.3. The van der Waals surface area contributed by atoms with Crippen molar-refractivity contribution in [3.8, 4) is 23.0 Å². The Bertz CT molecular complexity index is 1520. The maximum absolute atomic E-state index is 12.7. The smallest absolute Gasteiger partial charge is 0.291 e. The largest absolute Gasteiger partial charge is 0.493 e. The van der Waals surface area contributed by atoms with E-state index in [1.54, 1.807) is 24.3 Å². The predicted octanol–water partition coefficient (Wildman–Crippen LogP) is 6.38. The molecule has 13 heteroatoms. The lowest BCUT2D eigenvalue weighted by Gasteiger charge is -2.11. The molecule has 12 nitrogen and oxygen atoms in total. The SMILES string of the molecule is COc1ccccc1Oc1cc(NC(=O)c2ccc(COc3ccc([N+](=O)[O-])cc3Cl)o2)cc([N+](=O)[O-])c1. The first-order chi connectivity index (χ1) is 18.2. The Balaban J connectivity index is 1.46. The molecule has 194 valence electrons. The summed E-state index contributed by atoms with van der Waals surface area (Å²) in [7, 11) is 1.46. The van der Waals surface area contributed by atoms with Crippen LogP contribution < -0.4 is 19.5 Å². The van der Waals surface area contributed by atoms with Crippen LogP contribution in [0.5, 0.6) is 23.0 Å². The molecule has 0 aliphatic heterocycles. The third kappa shape index (κ3) is 6.17. The average Bonchev–Trinajstić information content (AvgIpc) is 3.37. The van der Waals surface area contributed by atoms with Crippen molar-refractivity contribution in [2.75, 3.05) is 12.4 Å². The molecule has 1 amide bonds. The summed E-state index contributed by atoms with van der Waals surface area (Å²) in [4.78, 5) is 33.8. The van der Waals surface area contributed by atoms with E-state index >= 15 is 0 Å². The lowest BCUT2D eigenvalue weighted by Crippen LogP contribution is -2.11. The van der Waals surface area contributed by atoms with Crippen LogP contribution in [0.1, 0.15) is 16.3 Å². The van der Waals surface area contributed by atoms with Gasteiger partial charge in [-0.2, -0.15) is 0 Å². The van der Waals surface area contributed by atoms with Crippen LogP contribution in [0.2, 0.25) is 5.02 Å². The van der Waals surface area contributed by atoms with Crippen LogP contribution in [0.4, 0.5) is 17.1 Å². The molecule has 0 unspecified atom stereocenters. The number of nitrogens with one attached hydrogen (secondary N) is 1. The van der Waals surface area contributed by atoms with Gasteiger partial charge in [-0.15, -0.1) is 0 Å². The summed E-state index contributed by atoms with van der Waals surface area (Å²) in [5, 5.41) is 24.9. The Kier molecular flexibility index (Phi) is 7.73. The summed E-state index contributed by atoms with van der Waals surface area (Å²) in [6, 6.07) is 17.2. The van der Waals surface area contributed by atoms with Crippen molar-refractivity contribution in [1.29, 1.82) is 0 Å². The fourth-order valence-electron chi connectivity index (χ4n) is 3.29. The van der Waals surface area contributed by atoms with E-state index in [4.69, 9.17) is 30.2 Å². The second-order valence-corrected chi connectivity index (χ2v) is 8.01. The molecular formula is C25H18ClN3O9. The number of nitrogens with zero attached hydrogens (tertiary/aromatic N) is 2. The topological polar surface area (TPSA) is 156 Å². The van der Waals surface area contributed by atoms with Gasteiger partial charge < -0.3 is 23.9 Å². The molecule has 1 aromatic heterocycles. The number of benzene rings is 3. The number of carbonyl (C=O) groups excluding carboxylic acids is 1. The zero-order chi connectivity index (χ0) is 27.2. The molecule has 3 aromatic carbocycles.